The Morgan fingerprint density at radius 1 is 1.33 bits per heavy atom. The lowest BCUT2D eigenvalue weighted by Crippen LogP contribution is -2.34. The van der Waals surface area contributed by atoms with Gasteiger partial charge in [0, 0.05) is 30.1 Å². The van der Waals surface area contributed by atoms with Crippen molar-refractivity contribution in [3.63, 3.8) is 0 Å². The molecule has 27 heavy (non-hydrogen) atoms. The van der Waals surface area contributed by atoms with E-state index >= 15 is 0 Å². The van der Waals surface area contributed by atoms with E-state index in [0.717, 1.165) is 54.9 Å². The molecular formula is C19H28N4O2S2. The average Bonchev–Trinajstić information content (AvgIpc) is 3.23. The summed E-state index contributed by atoms with van der Waals surface area (Å²) in [6.07, 6.45) is 3.70. The first-order valence-electron chi connectivity index (χ1n) is 9.72. The number of carbonyl (C=O) groups is 1. The third kappa shape index (κ3) is 5.12. The van der Waals surface area contributed by atoms with Crippen molar-refractivity contribution >= 4 is 39.2 Å². The SMILES string of the molecule is CCN(CC)CCNC(=O)CCSCc1nc2sc3c(c2c(=O)[nH]1)CCC3. The second kappa shape index (κ2) is 9.71. The fourth-order valence-electron chi connectivity index (χ4n) is 3.43. The minimum absolute atomic E-state index is 0.0101. The Morgan fingerprint density at radius 2 is 2.15 bits per heavy atom. The fourth-order valence-corrected chi connectivity index (χ4v) is 5.52. The van der Waals surface area contributed by atoms with Crippen LogP contribution >= 0.6 is 23.1 Å². The van der Waals surface area contributed by atoms with E-state index < -0.39 is 0 Å². The van der Waals surface area contributed by atoms with Gasteiger partial charge in [-0.25, -0.2) is 4.98 Å². The van der Waals surface area contributed by atoms with Gasteiger partial charge in [-0.2, -0.15) is 11.8 Å². The topological polar surface area (TPSA) is 78.1 Å². The highest BCUT2D eigenvalue weighted by Crippen LogP contribution is 2.34. The lowest BCUT2D eigenvalue weighted by atomic mass is 10.2. The van der Waals surface area contributed by atoms with Gasteiger partial charge in [-0.15, -0.1) is 11.3 Å². The van der Waals surface area contributed by atoms with E-state index in [0.29, 0.717) is 24.5 Å². The average molecular weight is 409 g/mol. The number of hydrogen-bond donors (Lipinski definition) is 2. The molecule has 0 spiro atoms. The number of aryl methyl sites for hydroxylation is 2. The molecule has 1 aliphatic rings. The Kier molecular flexibility index (Phi) is 7.32. The van der Waals surface area contributed by atoms with E-state index in [-0.39, 0.29) is 11.5 Å². The number of aromatic amines is 1. The van der Waals surface area contributed by atoms with E-state index in [1.54, 1.807) is 23.1 Å². The summed E-state index contributed by atoms with van der Waals surface area (Å²) >= 11 is 3.30. The molecule has 8 heteroatoms. The number of H-pyrrole nitrogens is 1. The molecule has 0 fully saturated rings. The minimum Gasteiger partial charge on any atom is -0.355 e. The number of likely N-dealkylation sites (N-methyl/N-ethyl adjacent to an activating group) is 1. The number of amides is 1. The summed E-state index contributed by atoms with van der Waals surface area (Å²) < 4.78 is 0. The third-order valence-electron chi connectivity index (χ3n) is 4.98. The van der Waals surface area contributed by atoms with Gasteiger partial charge in [-0.1, -0.05) is 13.8 Å². The molecule has 0 bridgehead atoms. The van der Waals surface area contributed by atoms with Crippen LogP contribution in [0.3, 0.4) is 0 Å². The number of aromatic nitrogens is 2. The van der Waals surface area contributed by atoms with E-state index in [9.17, 15) is 9.59 Å². The fraction of sp³-hybridized carbons (Fsp3) is 0.632. The predicted octanol–water partition coefficient (Wildman–Crippen LogP) is 2.55. The normalized spacial score (nSPS) is 13.4. The maximum Gasteiger partial charge on any atom is 0.259 e. The van der Waals surface area contributed by atoms with Crippen LogP contribution < -0.4 is 10.9 Å². The molecule has 0 atom stereocenters. The van der Waals surface area contributed by atoms with Gasteiger partial charge in [-0.3, -0.25) is 9.59 Å². The number of nitrogens with one attached hydrogen (secondary N) is 2. The van der Waals surface area contributed by atoms with Crippen molar-refractivity contribution in [1.82, 2.24) is 20.2 Å². The standard InChI is InChI=1S/C19H28N4O2S2/c1-3-23(4-2)10-9-20-16(24)8-11-26-12-15-21-18(25)17-13-6-5-7-14(13)27-19(17)22-15/h3-12H2,1-2H3,(H,20,24)(H,21,22,25). The molecule has 0 saturated heterocycles. The van der Waals surface area contributed by atoms with Gasteiger partial charge in [0.2, 0.25) is 5.91 Å². The van der Waals surface area contributed by atoms with E-state index in [1.807, 2.05) is 0 Å². The molecular weight excluding hydrogens is 380 g/mol. The van der Waals surface area contributed by atoms with Crippen molar-refractivity contribution in [3.05, 3.63) is 26.6 Å². The number of fused-ring (bicyclic) bond motifs is 3. The van der Waals surface area contributed by atoms with Gasteiger partial charge in [0.25, 0.3) is 5.56 Å². The molecule has 2 N–H and O–H groups in total. The van der Waals surface area contributed by atoms with Gasteiger partial charge >= 0.3 is 0 Å². The van der Waals surface area contributed by atoms with Crippen LogP contribution in [-0.4, -0.2) is 52.7 Å². The van der Waals surface area contributed by atoms with Crippen LogP contribution in [0.2, 0.25) is 0 Å². The first-order valence-corrected chi connectivity index (χ1v) is 11.7. The monoisotopic (exact) mass is 408 g/mol. The van der Waals surface area contributed by atoms with Crippen LogP contribution in [0.15, 0.2) is 4.79 Å². The van der Waals surface area contributed by atoms with Crippen molar-refractivity contribution in [2.45, 2.75) is 45.3 Å². The van der Waals surface area contributed by atoms with Crippen LogP contribution in [0, 0.1) is 0 Å². The number of hydrogen-bond acceptors (Lipinski definition) is 6. The summed E-state index contributed by atoms with van der Waals surface area (Å²) in [4.78, 5) is 36.4. The highest BCUT2D eigenvalue weighted by molar-refractivity contribution is 7.98. The number of thioether (sulfide) groups is 1. The smallest absolute Gasteiger partial charge is 0.259 e. The van der Waals surface area contributed by atoms with Crippen LogP contribution in [0.5, 0.6) is 0 Å². The largest absolute Gasteiger partial charge is 0.355 e. The molecule has 1 amide bonds. The van der Waals surface area contributed by atoms with Crippen molar-refractivity contribution in [2.75, 3.05) is 31.9 Å². The molecule has 0 aromatic carbocycles. The summed E-state index contributed by atoms with van der Waals surface area (Å²) in [6, 6.07) is 0. The highest BCUT2D eigenvalue weighted by atomic mass is 32.2. The maximum atomic E-state index is 12.4. The number of nitrogens with zero attached hydrogens (tertiary/aromatic N) is 2. The maximum absolute atomic E-state index is 12.4. The third-order valence-corrected chi connectivity index (χ3v) is 7.14. The highest BCUT2D eigenvalue weighted by Gasteiger charge is 2.21. The Morgan fingerprint density at radius 3 is 2.93 bits per heavy atom. The lowest BCUT2D eigenvalue weighted by Gasteiger charge is -2.17. The molecule has 2 heterocycles. The zero-order valence-electron chi connectivity index (χ0n) is 16.1. The van der Waals surface area contributed by atoms with Crippen molar-refractivity contribution < 1.29 is 4.79 Å². The van der Waals surface area contributed by atoms with E-state index in [1.165, 1.54) is 10.4 Å². The Balaban J connectivity index is 1.43. The van der Waals surface area contributed by atoms with Crippen molar-refractivity contribution in [3.8, 4) is 0 Å². The quantitative estimate of drug-likeness (QED) is 0.591. The zero-order valence-corrected chi connectivity index (χ0v) is 17.7. The first kappa shape index (κ1) is 20.4. The summed E-state index contributed by atoms with van der Waals surface area (Å²) in [7, 11) is 0. The zero-order chi connectivity index (χ0) is 19.2. The first-order chi connectivity index (χ1) is 13.1. The van der Waals surface area contributed by atoms with Gasteiger partial charge in [-0.05, 0) is 37.9 Å². The molecule has 0 radical (unpaired) electrons. The molecule has 6 nitrogen and oxygen atoms in total. The molecule has 148 valence electrons. The van der Waals surface area contributed by atoms with Crippen LogP contribution in [0.4, 0.5) is 0 Å². The Hall–Kier alpha value is -1.38. The van der Waals surface area contributed by atoms with E-state index in [4.69, 9.17) is 0 Å². The molecule has 0 saturated carbocycles. The molecule has 2 aromatic heterocycles. The lowest BCUT2D eigenvalue weighted by molar-refractivity contribution is -0.120. The van der Waals surface area contributed by atoms with Crippen LogP contribution in [-0.2, 0) is 23.4 Å². The Labute approximate surface area is 168 Å². The number of rotatable bonds is 10. The predicted molar refractivity (Wildman–Crippen MR) is 114 cm³/mol. The second-order valence-corrected chi connectivity index (χ2v) is 8.92. The summed E-state index contributed by atoms with van der Waals surface area (Å²) in [5.74, 6) is 2.14. The molecule has 0 aliphatic heterocycles. The van der Waals surface area contributed by atoms with Gasteiger partial charge in [0.05, 0.1) is 11.1 Å². The van der Waals surface area contributed by atoms with Crippen LogP contribution in [0.1, 0.15) is 43.0 Å². The Bertz CT molecular complexity index is 842. The van der Waals surface area contributed by atoms with Crippen molar-refractivity contribution in [2.24, 2.45) is 0 Å². The van der Waals surface area contributed by atoms with E-state index in [2.05, 4.69) is 34.0 Å². The number of carbonyl (C=O) groups excluding carboxylic acids is 1. The van der Waals surface area contributed by atoms with Crippen LogP contribution in [0.25, 0.3) is 10.2 Å². The van der Waals surface area contributed by atoms with Gasteiger partial charge in [0.15, 0.2) is 0 Å². The summed E-state index contributed by atoms with van der Waals surface area (Å²) in [5, 5.41) is 3.77. The van der Waals surface area contributed by atoms with Crippen molar-refractivity contribution in [1.29, 1.82) is 0 Å². The summed E-state index contributed by atoms with van der Waals surface area (Å²) in [6.45, 7) is 7.85. The molecule has 2 aromatic rings. The molecule has 3 rings (SSSR count). The molecule has 1 aliphatic carbocycles. The van der Waals surface area contributed by atoms with Gasteiger partial charge < -0.3 is 15.2 Å². The number of thiophene rings is 1. The second-order valence-electron chi connectivity index (χ2n) is 6.73. The minimum atomic E-state index is -0.0101. The van der Waals surface area contributed by atoms with Gasteiger partial charge in [0.1, 0.15) is 10.7 Å². The summed E-state index contributed by atoms with van der Waals surface area (Å²) in [5.41, 5.74) is 1.20. The molecule has 0 unspecified atom stereocenters.